The van der Waals surface area contributed by atoms with E-state index < -0.39 is 0 Å². The molecule has 1 saturated carbocycles. The molecule has 0 amide bonds. The predicted octanol–water partition coefficient (Wildman–Crippen LogP) is 2.59. The van der Waals surface area contributed by atoms with E-state index in [0.29, 0.717) is 5.92 Å². The number of nitrogens with zero attached hydrogens (tertiary/aromatic N) is 4. The van der Waals surface area contributed by atoms with Gasteiger partial charge < -0.3 is 5.32 Å². The molecule has 6 heteroatoms. The highest BCUT2D eigenvalue weighted by molar-refractivity contribution is 9.10. The molecular weight excluding hydrogens is 282 g/mol. The summed E-state index contributed by atoms with van der Waals surface area (Å²) < 4.78 is 2.56. The molecule has 0 bridgehead atoms. The van der Waals surface area contributed by atoms with E-state index in [9.17, 15) is 0 Å². The van der Waals surface area contributed by atoms with Crippen LogP contribution >= 0.6 is 15.9 Å². The zero-order valence-electron chi connectivity index (χ0n) is 9.39. The maximum Gasteiger partial charge on any atom is 0.153 e. The van der Waals surface area contributed by atoms with Gasteiger partial charge in [0.25, 0.3) is 0 Å². The van der Waals surface area contributed by atoms with E-state index in [4.69, 9.17) is 0 Å². The topological polar surface area (TPSA) is 55.6 Å². The Hall–Kier alpha value is -1.43. The largest absolute Gasteiger partial charge is 0.323 e. The molecule has 0 aromatic carbocycles. The lowest BCUT2D eigenvalue weighted by Gasteiger charge is -2.05. The second-order valence-electron chi connectivity index (χ2n) is 4.21. The zero-order chi connectivity index (χ0) is 11.8. The Morgan fingerprint density at radius 3 is 2.82 bits per heavy atom. The van der Waals surface area contributed by atoms with E-state index in [0.717, 1.165) is 22.1 Å². The molecule has 1 aliphatic rings. The monoisotopic (exact) mass is 293 g/mol. The number of aromatic nitrogens is 4. The third kappa shape index (κ3) is 2.46. The van der Waals surface area contributed by atoms with Crippen molar-refractivity contribution in [1.29, 1.82) is 0 Å². The van der Waals surface area contributed by atoms with Gasteiger partial charge in [-0.2, -0.15) is 5.10 Å². The molecular formula is C11H12BrN5. The standard InChI is InChI=1S/C11H12BrN5/c1-17-5-4-9(16-17)14-10-6-8(12)13-11(15-10)7-2-3-7/h4-7H,2-3H2,1H3,(H,13,14,15,16). The highest BCUT2D eigenvalue weighted by Crippen LogP contribution is 2.38. The average Bonchev–Trinajstić information content (AvgIpc) is 3.03. The van der Waals surface area contributed by atoms with Crippen molar-refractivity contribution in [3.8, 4) is 0 Å². The van der Waals surface area contributed by atoms with E-state index in [-0.39, 0.29) is 0 Å². The van der Waals surface area contributed by atoms with Gasteiger partial charge in [0.05, 0.1) is 0 Å². The van der Waals surface area contributed by atoms with Crippen LogP contribution in [-0.4, -0.2) is 19.7 Å². The van der Waals surface area contributed by atoms with Gasteiger partial charge in [-0.15, -0.1) is 0 Å². The minimum absolute atomic E-state index is 0.539. The van der Waals surface area contributed by atoms with Gasteiger partial charge in [-0.05, 0) is 28.8 Å². The lowest BCUT2D eigenvalue weighted by Crippen LogP contribution is -2.00. The van der Waals surface area contributed by atoms with Gasteiger partial charge >= 0.3 is 0 Å². The lowest BCUT2D eigenvalue weighted by molar-refractivity contribution is 0.771. The average molecular weight is 294 g/mol. The van der Waals surface area contributed by atoms with Gasteiger partial charge in [-0.3, -0.25) is 4.68 Å². The van der Waals surface area contributed by atoms with Crippen LogP contribution in [0.4, 0.5) is 11.6 Å². The molecule has 3 rings (SSSR count). The molecule has 1 fully saturated rings. The summed E-state index contributed by atoms with van der Waals surface area (Å²) in [5.74, 6) is 3.03. The van der Waals surface area contributed by atoms with Crippen molar-refractivity contribution in [1.82, 2.24) is 19.7 Å². The van der Waals surface area contributed by atoms with E-state index in [1.54, 1.807) is 4.68 Å². The van der Waals surface area contributed by atoms with Crippen LogP contribution in [0.2, 0.25) is 0 Å². The summed E-state index contributed by atoms with van der Waals surface area (Å²) in [6.45, 7) is 0. The summed E-state index contributed by atoms with van der Waals surface area (Å²) in [7, 11) is 1.89. The Morgan fingerprint density at radius 1 is 1.35 bits per heavy atom. The van der Waals surface area contributed by atoms with E-state index in [2.05, 4.69) is 36.3 Å². The molecule has 0 unspecified atom stereocenters. The first kappa shape index (κ1) is 10.7. The summed E-state index contributed by atoms with van der Waals surface area (Å²) >= 11 is 3.41. The number of aryl methyl sites for hydroxylation is 1. The smallest absolute Gasteiger partial charge is 0.153 e. The summed E-state index contributed by atoms with van der Waals surface area (Å²) in [5.41, 5.74) is 0. The van der Waals surface area contributed by atoms with Crippen LogP contribution in [0.1, 0.15) is 24.6 Å². The Morgan fingerprint density at radius 2 is 2.18 bits per heavy atom. The van der Waals surface area contributed by atoms with E-state index in [1.165, 1.54) is 12.8 Å². The molecule has 1 N–H and O–H groups in total. The molecule has 0 atom stereocenters. The first-order chi connectivity index (χ1) is 8.20. The van der Waals surface area contributed by atoms with Gasteiger partial charge in [0.2, 0.25) is 0 Å². The summed E-state index contributed by atoms with van der Waals surface area (Å²) in [5, 5.41) is 7.43. The van der Waals surface area contributed by atoms with Crippen LogP contribution in [0.15, 0.2) is 22.9 Å². The van der Waals surface area contributed by atoms with E-state index in [1.807, 2.05) is 25.4 Å². The van der Waals surface area contributed by atoms with Gasteiger partial charge in [-0.25, -0.2) is 9.97 Å². The molecule has 0 spiro atoms. The minimum atomic E-state index is 0.539. The fraction of sp³-hybridized carbons (Fsp3) is 0.364. The van der Waals surface area contributed by atoms with Gasteiger partial charge in [0.15, 0.2) is 5.82 Å². The second kappa shape index (κ2) is 4.10. The summed E-state index contributed by atoms with van der Waals surface area (Å²) in [6, 6.07) is 3.77. The fourth-order valence-electron chi connectivity index (χ4n) is 1.64. The van der Waals surface area contributed by atoms with Crippen molar-refractivity contribution in [2.75, 3.05) is 5.32 Å². The molecule has 5 nitrogen and oxygen atoms in total. The van der Waals surface area contributed by atoms with Crippen LogP contribution in [0.3, 0.4) is 0 Å². The van der Waals surface area contributed by atoms with Gasteiger partial charge in [-0.1, -0.05) is 0 Å². The molecule has 0 aliphatic heterocycles. The SMILES string of the molecule is Cn1ccc(Nc2cc(Br)nc(C3CC3)n2)n1. The van der Waals surface area contributed by atoms with Crippen molar-refractivity contribution in [3.05, 3.63) is 28.8 Å². The third-order valence-corrected chi connectivity index (χ3v) is 3.03. The number of nitrogens with one attached hydrogen (secondary N) is 1. The highest BCUT2D eigenvalue weighted by atomic mass is 79.9. The fourth-order valence-corrected chi connectivity index (χ4v) is 2.03. The molecule has 2 aromatic heterocycles. The van der Waals surface area contributed by atoms with Gasteiger partial charge in [0.1, 0.15) is 16.2 Å². The van der Waals surface area contributed by atoms with Crippen molar-refractivity contribution in [2.45, 2.75) is 18.8 Å². The van der Waals surface area contributed by atoms with Crippen molar-refractivity contribution in [3.63, 3.8) is 0 Å². The predicted molar refractivity (Wildman–Crippen MR) is 68.2 cm³/mol. The van der Waals surface area contributed by atoms with Crippen molar-refractivity contribution in [2.24, 2.45) is 7.05 Å². The number of hydrogen-bond acceptors (Lipinski definition) is 4. The first-order valence-electron chi connectivity index (χ1n) is 5.52. The maximum absolute atomic E-state index is 4.50. The number of rotatable bonds is 3. The van der Waals surface area contributed by atoms with Gasteiger partial charge in [0, 0.05) is 31.3 Å². The minimum Gasteiger partial charge on any atom is -0.323 e. The normalized spacial score (nSPS) is 14.9. The zero-order valence-corrected chi connectivity index (χ0v) is 11.0. The Balaban J connectivity index is 1.86. The quantitative estimate of drug-likeness (QED) is 0.884. The Kier molecular flexibility index (Phi) is 2.58. The number of halogens is 1. The molecule has 88 valence electrons. The second-order valence-corrected chi connectivity index (χ2v) is 5.02. The summed E-state index contributed by atoms with van der Waals surface area (Å²) in [6.07, 6.45) is 4.28. The van der Waals surface area contributed by atoms with E-state index >= 15 is 0 Å². The van der Waals surface area contributed by atoms with Crippen LogP contribution in [0, 0.1) is 0 Å². The lowest BCUT2D eigenvalue weighted by atomic mass is 10.4. The van der Waals surface area contributed by atoms with Crippen molar-refractivity contribution < 1.29 is 0 Å². The number of anilines is 2. The highest BCUT2D eigenvalue weighted by Gasteiger charge is 2.27. The number of hydrogen-bond donors (Lipinski definition) is 1. The molecule has 0 saturated heterocycles. The van der Waals surface area contributed by atoms with Crippen LogP contribution in [0.25, 0.3) is 0 Å². The molecule has 2 heterocycles. The van der Waals surface area contributed by atoms with Crippen LogP contribution in [0.5, 0.6) is 0 Å². The maximum atomic E-state index is 4.50. The molecule has 0 radical (unpaired) electrons. The Labute approximate surface area is 107 Å². The van der Waals surface area contributed by atoms with Crippen LogP contribution in [-0.2, 0) is 7.05 Å². The summed E-state index contributed by atoms with van der Waals surface area (Å²) in [4.78, 5) is 8.88. The molecule has 2 aromatic rings. The molecule has 1 aliphatic carbocycles. The first-order valence-corrected chi connectivity index (χ1v) is 6.31. The third-order valence-electron chi connectivity index (χ3n) is 2.62. The van der Waals surface area contributed by atoms with Crippen LogP contribution < -0.4 is 5.32 Å². The molecule has 17 heavy (non-hydrogen) atoms. The van der Waals surface area contributed by atoms with Crippen molar-refractivity contribution >= 4 is 27.6 Å². The Bertz CT molecular complexity index is 547.